The van der Waals surface area contributed by atoms with Gasteiger partial charge in [-0.15, -0.1) is 0 Å². The Morgan fingerprint density at radius 1 is 1.76 bits per heavy atom. The van der Waals surface area contributed by atoms with Crippen molar-refractivity contribution in [2.45, 2.75) is 12.0 Å². The Hall–Kier alpha value is -1.40. The highest BCUT2D eigenvalue weighted by molar-refractivity contribution is 5.92. The first-order chi connectivity index (χ1) is 8.00. The third kappa shape index (κ3) is 2.65. The molecule has 0 aromatic carbocycles. The maximum absolute atomic E-state index is 12.0. The Balaban J connectivity index is 2.00. The second kappa shape index (κ2) is 4.46. The maximum Gasteiger partial charge on any atom is 0.274 e. The number of rotatable bonds is 3. The van der Waals surface area contributed by atoms with Crippen molar-refractivity contribution in [1.29, 1.82) is 0 Å². The van der Waals surface area contributed by atoms with Gasteiger partial charge in [-0.25, -0.2) is 0 Å². The van der Waals surface area contributed by atoms with Crippen LogP contribution in [0.4, 0.5) is 0 Å². The standard InChI is InChI=1S/C11H18N4O2/c1-14(8-11(17)4-5-12-7-11)10(16)9-3-6-15(2)13-9/h3,6,12,17H,4-5,7-8H2,1-2H3. The quantitative estimate of drug-likeness (QED) is 0.724. The van der Waals surface area contributed by atoms with E-state index in [0.717, 1.165) is 6.54 Å². The minimum absolute atomic E-state index is 0.161. The Labute approximate surface area is 100 Å². The van der Waals surface area contributed by atoms with E-state index in [0.29, 0.717) is 25.2 Å². The van der Waals surface area contributed by atoms with Crippen molar-refractivity contribution in [1.82, 2.24) is 20.0 Å². The van der Waals surface area contributed by atoms with Crippen LogP contribution in [-0.2, 0) is 7.05 Å². The average molecular weight is 238 g/mol. The van der Waals surface area contributed by atoms with Crippen LogP contribution in [0, 0.1) is 0 Å². The molecule has 2 N–H and O–H groups in total. The topological polar surface area (TPSA) is 70.4 Å². The van der Waals surface area contributed by atoms with Crippen LogP contribution < -0.4 is 5.32 Å². The molecular weight excluding hydrogens is 220 g/mol. The number of likely N-dealkylation sites (N-methyl/N-ethyl adjacent to an activating group) is 1. The van der Waals surface area contributed by atoms with E-state index >= 15 is 0 Å². The fraction of sp³-hybridized carbons (Fsp3) is 0.636. The lowest BCUT2D eigenvalue weighted by molar-refractivity contribution is 0.0250. The maximum atomic E-state index is 12.0. The lowest BCUT2D eigenvalue weighted by atomic mass is 10.0. The lowest BCUT2D eigenvalue weighted by Crippen LogP contribution is -2.45. The van der Waals surface area contributed by atoms with Crippen molar-refractivity contribution in [3.8, 4) is 0 Å². The van der Waals surface area contributed by atoms with Crippen molar-refractivity contribution >= 4 is 5.91 Å². The van der Waals surface area contributed by atoms with E-state index in [-0.39, 0.29) is 5.91 Å². The normalized spacial score (nSPS) is 23.9. The second-order valence-electron chi connectivity index (χ2n) is 4.69. The molecule has 0 bridgehead atoms. The van der Waals surface area contributed by atoms with Crippen molar-refractivity contribution in [3.63, 3.8) is 0 Å². The summed E-state index contributed by atoms with van der Waals surface area (Å²) in [6.45, 7) is 1.66. The SMILES string of the molecule is CN(CC1(O)CCNC1)C(=O)c1ccn(C)n1. The van der Waals surface area contributed by atoms with E-state index in [1.54, 1.807) is 31.0 Å². The van der Waals surface area contributed by atoms with E-state index in [1.807, 2.05) is 0 Å². The van der Waals surface area contributed by atoms with E-state index in [1.165, 1.54) is 4.90 Å². The van der Waals surface area contributed by atoms with Gasteiger partial charge in [-0.2, -0.15) is 5.10 Å². The van der Waals surface area contributed by atoms with E-state index in [4.69, 9.17) is 0 Å². The zero-order valence-corrected chi connectivity index (χ0v) is 10.2. The first-order valence-corrected chi connectivity index (χ1v) is 5.68. The molecule has 0 aliphatic carbocycles. The minimum atomic E-state index is -0.806. The summed E-state index contributed by atoms with van der Waals surface area (Å²) in [5.41, 5.74) is -0.399. The first-order valence-electron chi connectivity index (χ1n) is 5.68. The molecule has 2 heterocycles. The summed E-state index contributed by atoms with van der Waals surface area (Å²) < 4.78 is 1.59. The van der Waals surface area contributed by atoms with Crippen molar-refractivity contribution in [3.05, 3.63) is 18.0 Å². The predicted octanol–water partition coefficient (Wildman–Crippen LogP) is -0.783. The molecule has 17 heavy (non-hydrogen) atoms. The molecule has 1 aromatic rings. The summed E-state index contributed by atoms with van der Waals surface area (Å²) in [6.07, 6.45) is 2.40. The van der Waals surface area contributed by atoms with Crippen LogP contribution in [0.15, 0.2) is 12.3 Å². The third-order valence-corrected chi connectivity index (χ3v) is 3.03. The van der Waals surface area contributed by atoms with Gasteiger partial charge in [-0.05, 0) is 19.0 Å². The summed E-state index contributed by atoms with van der Waals surface area (Å²) in [5.74, 6) is -0.161. The molecule has 0 radical (unpaired) electrons. The molecule has 1 unspecified atom stereocenters. The van der Waals surface area contributed by atoms with Crippen LogP contribution in [-0.4, -0.2) is 58.0 Å². The van der Waals surface area contributed by atoms with E-state index < -0.39 is 5.60 Å². The Morgan fingerprint density at radius 3 is 3.06 bits per heavy atom. The molecule has 1 aliphatic heterocycles. The highest BCUT2D eigenvalue weighted by Crippen LogP contribution is 2.16. The summed E-state index contributed by atoms with van der Waals surface area (Å²) in [7, 11) is 3.46. The Bertz CT molecular complexity index is 409. The van der Waals surface area contributed by atoms with E-state index in [9.17, 15) is 9.90 Å². The van der Waals surface area contributed by atoms with Crippen LogP contribution in [0.5, 0.6) is 0 Å². The van der Waals surface area contributed by atoms with Crippen LogP contribution in [0.2, 0.25) is 0 Å². The molecule has 1 aliphatic rings. The zero-order valence-electron chi connectivity index (χ0n) is 10.2. The molecule has 2 rings (SSSR count). The molecule has 0 spiro atoms. The summed E-state index contributed by atoms with van der Waals surface area (Å²) in [6, 6.07) is 1.68. The van der Waals surface area contributed by atoms with Crippen LogP contribution in [0.3, 0.4) is 0 Å². The first kappa shape index (κ1) is 12.1. The number of nitrogens with zero attached hydrogens (tertiary/aromatic N) is 3. The summed E-state index contributed by atoms with van der Waals surface area (Å²) >= 11 is 0. The number of aromatic nitrogens is 2. The van der Waals surface area contributed by atoms with Gasteiger partial charge in [0.1, 0.15) is 5.69 Å². The number of carbonyl (C=O) groups excluding carboxylic acids is 1. The molecule has 1 atom stereocenters. The number of nitrogens with one attached hydrogen (secondary N) is 1. The number of carbonyl (C=O) groups is 1. The Kier molecular flexibility index (Phi) is 3.17. The fourth-order valence-electron chi connectivity index (χ4n) is 2.10. The highest BCUT2D eigenvalue weighted by atomic mass is 16.3. The van der Waals surface area contributed by atoms with Crippen molar-refractivity contribution in [2.75, 3.05) is 26.7 Å². The number of hydrogen-bond acceptors (Lipinski definition) is 4. The number of aliphatic hydroxyl groups is 1. The average Bonchev–Trinajstić information content (AvgIpc) is 2.86. The zero-order chi connectivity index (χ0) is 12.5. The molecule has 1 saturated heterocycles. The van der Waals surface area contributed by atoms with Gasteiger partial charge < -0.3 is 15.3 Å². The van der Waals surface area contributed by atoms with Gasteiger partial charge in [0, 0.05) is 26.8 Å². The van der Waals surface area contributed by atoms with Crippen LogP contribution >= 0.6 is 0 Å². The van der Waals surface area contributed by atoms with Gasteiger partial charge in [0.05, 0.1) is 12.1 Å². The predicted molar refractivity (Wildman–Crippen MR) is 62.6 cm³/mol. The lowest BCUT2D eigenvalue weighted by Gasteiger charge is -2.27. The fourth-order valence-corrected chi connectivity index (χ4v) is 2.10. The molecular formula is C11H18N4O2. The number of aryl methyl sites for hydroxylation is 1. The Morgan fingerprint density at radius 2 is 2.53 bits per heavy atom. The number of amides is 1. The molecule has 6 nitrogen and oxygen atoms in total. The smallest absolute Gasteiger partial charge is 0.274 e. The molecule has 0 saturated carbocycles. The summed E-state index contributed by atoms with van der Waals surface area (Å²) in [4.78, 5) is 13.5. The molecule has 1 fully saturated rings. The van der Waals surface area contributed by atoms with Crippen molar-refractivity contribution in [2.24, 2.45) is 7.05 Å². The van der Waals surface area contributed by atoms with Gasteiger partial charge in [0.2, 0.25) is 0 Å². The van der Waals surface area contributed by atoms with Crippen molar-refractivity contribution < 1.29 is 9.90 Å². The number of β-amino-alcohol motifs (C(OH)–C–C–N with tert-alkyl or cyclic N) is 1. The van der Waals surface area contributed by atoms with Gasteiger partial charge in [0.25, 0.3) is 5.91 Å². The van der Waals surface area contributed by atoms with Gasteiger partial charge in [-0.1, -0.05) is 0 Å². The van der Waals surface area contributed by atoms with Gasteiger partial charge in [-0.3, -0.25) is 9.48 Å². The highest BCUT2D eigenvalue weighted by Gasteiger charge is 2.33. The largest absolute Gasteiger partial charge is 0.387 e. The van der Waals surface area contributed by atoms with Crippen LogP contribution in [0.25, 0.3) is 0 Å². The van der Waals surface area contributed by atoms with Gasteiger partial charge in [0.15, 0.2) is 0 Å². The minimum Gasteiger partial charge on any atom is -0.387 e. The second-order valence-corrected chi connectivity index (χ2v) is 4.69. The monoisotopic (exact) mass is 238 g/mol. The third-order valence-electron chi connectivity index (χ3n) is 3.03. The number of hydrogen-bond donors (Lipinski definition) is 2. The molecule has 6 heteroatoms. The summed E-state index contributed by atoms with van der Waals surface area (Å²) in [5, 5.41) is 17.3. The van der Waals surface area contributed by atoms with E-state index in [2.05, 4.69) is 10.4 Å². The molecule has 94 valence electrons. The molecule has 1 aromatic heterocycles. The molecule has 1 amide bonds. The van der Waals surface area contributed by atoms with Crippen LogP contribution in [0.1, 0.15) is 16.9 Å². The van der Waals surface area contributed by atoms with Gasteiger partial charge >= 0.3 is 0 Å².